The first-order valence-electron chi connectivity index (χ1n) is 8.45. The van der Waals surface area contributed by atoms with Crippen LogP contribution >= 0.6 is 7.82 Å². The van der Waals surface area contributed by atoms with Gasteiger partial charge in [-0.2, -0.15) is 0 Å². The number of ether oxygens (including phenoxy) is 3. The van der Waals surface area contributed by atoms with Crippen LogP contribution in [0.1, 0.15) is 13.8 Å². The molecule has 0 aromatic carbocycles. The Kier molecular flexibility index (Phi) is 7.76. The molecule has 10 unspecified atom stereocenters. The normalized spacial score (nSPS) is 46.4. The maximum Gasteiger partial charge on any atom is 0.469 e. The highest BCUT2D eigenvalue weighted by Crippen LogP contribution is 2.37. The van der Waals surface area contributed by atoms with Gasteiger partial charge in [0, 0.05) is 0 Å². The molecule has 0 aromatic heterocycles. The van der Waals surface area contributed by atoms with Crippen molar-refractivity contribution in [1.82, 2.24) is 0 Å². The quantitative estimate of drug-likeness (QED) is 0.220. The molecule has 27 heavy (non-hydrogen) atoms. The second-order valence-corrected chi connectivity index (χ2v) is 8.11. The first-order valence-corrected chi connectivity index (χ1v) is 9.99. The number of aliphatic hydroxyl groups is 5. The Morgan fingerprint density at radius 3 is 1.96 bits per heavy atom. The molecule has 0 spiro atoms. The van der Waals surface area contributed by atoms with Crippen molar-refractivity contribution in [3.05, 3.63) is 0 Å². The summed E-state index contributed by atoms with van der Waals surface area (Å²) in [6.07, 6.45) is -11.3. The molecule has 12 nitrogen and oxygen atoms in total. The first-order chi connectivity index (χ1) is 12.5. The number of aliphatic hydroxyl groups excluding tert-OH is 5. The van der Waals surface area contributed by atoms with Crippen LogP contribution in [0.2, 0.25) is 0 Å². The van der Waals surface area contributed by atoms with Gasteiger partial charge < -0.3 is 49.5 Å². The molecule has 2 saturated heterocycles. The topological polar surface area (TPSA) is 196 Å². The summed E-state index contributed by atoms with van der Waals surface area (Å²) in [6, 6.07) is 0. The zero-order chi connectivity index (χ0) is 20.5. The summed E-state index contributed by atoms with van der Waals surface area (Å²) >= 11 is 0. The first kappa shape index (κ1) is 23.1. The third kappa shape index (κ3) is 5.44. The van der Waals surface area contributed by atoms with Crippen LogP contribution in [0.25, 0.3) is 0 Å². The molecule has 2 aliphatic rings. The van der Waals surface area contributed by atoms with Crippen LogP contribution in [0, 0.1) is 11.8 Å². The van der Waals surface area contributed by atoms with Crippen molar-refractivity contribution in [3.63, 3.8) is 0 Å². The summed E-state index contributed by atoms with van der Waals surface area (Å²) in [5.74, 6) is -0.509. The molecular weight excluding hydrogens is 391 g/mol. The Bertz CT molecular complexity index is 526. The van der Waals surface area contributed by atoms with Gasteiger partial charge in [0.25, 0.3) is 0 Å². The maximum atomic E-state index is 10.8. The second kappa shape index (κ2) is 9.08. The number of phosphoric acid groups is 1. The molecule has 2 heterocycles. The average Bonchev–Trinajstić information content (AvgIpc) is 2.60. The lowest BCUT2D eigenvalue weighted by Gasteiger charge is -2.45. The molecule has 2 rings (SSSR count). The van der Waals surface area contributed by atoms with Crippen molar-refractivity contribution in [2.45, 2.75) is 63.1 Å². The molecule has 7 N–H and O–H groups in total. The molecule has 2 aliphatic heterocycles. The lowest BCUT2D eigenvalue weighted by Crippen LogP contribution is -2.61. The van der Waals surface area contributed by atoms with E-state index in [0.29, 0.717) is 0 Å². The van der Waals surface area contributed by atoms with E-state index in [1.807, 2.05) is 0 Å². The van der Waals surface area contributed by atoms with E-state index >= 15 is 0 Å². The summed E-state index contributed by atoms with van der Waals surface area (Å²) in [7, 11) is -4.85. The van der Waals surface area contributed by atoms with Crippen molar-refractivity contribution in [2.75, 3.05) is 13.2 Å². The molecule has 160 valence electrons. The van der Waals surface area contributed by atoms with Crippen molar-refractivity contribution in [3.8, 4) is 0 Å². The van der Waals surface area contributed by atoms with Gasteiger partial charge in [0.15, 0.2) is 12.6 Å². The van der Waals surface area contributed by atoms with E-state index in [4.69, 9.17) is 24.0 Å². The van der Waals surface area contributed by atoms with Crippen molar-refractivity contribution in [2.24, 2.45) is 11.8 Å². The third-order valence-electron chi connectivity index (χ3n) is 5.07. The van der Waals surface area contributed by atoms with E-state index in [0.717, 1.165) is 0 Å². The lowest BCUT2D eigenvalue weighted by atomic mass is 9.84. The fourth-order valence-corrected chi connectivity index (χ4v) is 3.41. The number of phosphoric ester groups is 1. The molecule has 13 heteroatoms. The van der Waals surface area contributed by atoms with Gasteiger partial charge in [-0.25, -0.2) is 4.57 Å². The maximum absolute atomic E-state index is 10.8. The van der Waals surface area contributed by atoms with Crippen LogP contribution in [0.15, 0.2) is 0 Å². The Balaban J connectivity index is 2.08. The molecular formula is C14H27O12P. The predicted octanol–water partition coefficient (Wildman–Crippen LogP) is -2.73. The SMILES string of the molecule is CC1C(CO)OC(OC2OC(COP(=O)(O)O)C(O)C(O)C2O)C(O)C1C. The molecule has 0 aromatic rings. The zero-order valence-corrected chi connectivity index (χ0v) is 15.7. The van der Waals surface area contributed by atoms with Crippen molar-refractivity contribution < 1.29 is 58.6 Å². The molecule has 0 bridgehead atoms. The van der Waals surface area contributed by atoms with E-state index in [1.165, 1.54) is 0 Å². The van der Waals surface area contributed by atoms with Gasteiger partial charge in [0.2, 0.25) is 0 Å². The summed E-state index contributed by atoms with van der Waals surface area (Å²) in [6.45, 7) is 2.40. The van der Waals surface area contributed by atoms with E-state index in [-0.39, 0.29) is 18.4 Å². The second-order valence-electron chi connectivity index (χ2n) is 6.87. The van der Waals surface area contributed by atoms with Crippen LogP contribution in [-0.4, -0.2) is 97.7 Å². The zero-order valence-electron chi connectivity index (χ0n) is 14.8. The minimum absolute atomic E-state index is 0.182. The summed E-state index contributed by atoms with van der Waals surface area (Å²) in [4.78, 5) is 17.5. The van der Waals surface area contributed by atoms with Crippen LogP contribution in [-0.2, 0) is 23.3 Å². The highest BCUT2D eigenvalue weighted by Gasteiger charge is 2.48. The van der Waals surface area contributed by atoms with Crippen LogP contribution in [0.3, 0.4) is 0 Å². The summed E-state index contributed by atoms with van der Waals surface area (Å²) < 4.78 is 31.2. The summed E-state index contributed by atoms with van der Waals surface area (Å²) in [5, 5.41) is 49.6. The number of hydrogen-bond acceptors (Lipinski definition) is 10. The molecule has 0 amide bonds. The molecule has 0 radical (unpaired) electrons. The van der Waals surface area contributed by atoms with E-state index in [1.54, 1.807) is 13.8 Å². The van der Waals surface area contributed by atoms with Gasteiger partial charge in [-0.3, -0.25) is 4.52 Å². The number of rotatable bonds is 6. The minimum atomic E-state index is -4.85. The van der Waals surface area contributed by atoms with Gasteiger partial charge in [-0.15, -0.1) is 0 Å². The molecule has 2 fully saturated rings. The van der Waals surface area contributed by atoms with Gasteiger partial charge in [0.05, 0.1) is 19.3 Å². The Labute approximate surface area is 155 Å². The highest BCUT2D eigenvalue weighted by molar-refractivity contribution is 7.46. The predicted molar refractivity (Wildman–Crippen MR) is 85.8 cm³/mol. The van der Waals surface area contributed by atoms with Crippen LogP contribution in [0.5, 0.6) is 0 Å². The van der Waals surface area contributed by atoms with E-state index in [9.17, 15) is 30.1 Å². The smallest absolute Gasteiger partial charge is 0.394 e. The molecule has 0 aliphatic carbocycles. The Morgan fingerprint density at radius 2 is 1.41 bits per heavy atom. The monoisotopic (exact) mass is 418 g/mol. The van der Waals surface area contributed by atoms with Crippen molar-refractivity contribution in [1.29, 1.82) is 0 Å². The lowest BCUT2D eigenvalue weighted by molar-refractivity contribution is -0.368. The van der Waals surface area contributed by atoms with Crippen LogP contribution < -0.4 is 0 Å². The van der Waals surface area contributed by atoms with E-state index < -0.39 is 63.6 Å². The fourth-order valence-electron chi connectivity index (χ4n) is 3.07. The molecule has 0 saturated carbocycles. The standard InChI is InChI=1S/C14H27O12P/c1-5-6(2)9(16)13(24-7(5)3-15)26-14-12(19)11(18)10(17)8(25-14)4-23-27(20,21)22/h5-19H,3-4H2,1-2H3,(H2,20,21,22). The van der Waals surface area contributed by atoms with Gasteiger partial charge >= 0.3 is 7.82 Å². The Morgan fingerprint density at radius 1 is 0.852 bits per heavy atom. The van der Waals surface area contributed by atoms with Gasteiger partial charge in [-0.05, 0) is 11.8 Å². The average molecular weight is 418 g/mol. The summed E-state index contributed by atoms with van der Waals surface area (Å²) in [5.41, 5.74) is 0. The Hall–Kier alpha value is -0.210. The largest absolute Gasteiger partial charge is 0.469 e. The third-order valence-corrected chi connectivity index (χ3v) is 5.55. The van der Waals surface area contributed by atoms with Crippen LogP contribution in [0.4, 0.5) is 0 Å². The van der Waals surface area contributed by atoms with Crippen molar-refractivity contribution >= 4 is 7.82 Å². The van der Waals surface area contributed by atoms with Gasteiger partial charge in [0.1, 0.15) is 30.5 Å². The molecule has 10 atom stereocenters. The van der Waals surface area contributed by atoms with Gasteiger partial charge in [-0.1, -0.05) is 13.8 Å². The number of hydrogen-bond donors (Lipinski definition) is 7. The minimum Gasteiger partial charge on any atom is -0.394 e. The van der Waals surface area contributed by atoms with E-state index in [2.05, 4.69) is 4.52 Å². The highest BCUT2D eigenvalue weighted by atomic mass is 31.2. The fraction of sp³-hybridized carbons (Fsp3) is 1.00.